The number of carbonyl (C=O) groups is 3. The van der Waals surface area contributed by atoms with Gasteiger partial charge in [0.05, 0.1) is 0 Å². The fourth-order valence-corrected chi connectivity index (χ4v) is 1.43. The quantitative estimate of drug-likeness (QED) is 0.384. The maximum Gasteiger partial charge on any atom is 0.326 e. The highest BCUT2D eigenvalue weighted by Gasteiger charge is 2.26. The highest BCUT2D eigenvalue weighted by Crippen LogP contribution is 2.05. The van der Waals surface area contributed by atoms with Crippen LogP contribution in [0.15, 0.2) is 0 Å². The molecule has 1 heterocycles. The molecule has 0 aromatic carbocycles. The Hall–Kier alpha value is -1.67. The molecule has 1 amide bonds. The predicted molar refractivity (Wildman–Crippen MR) is 67.3 cm³/mol. The minimum absolute atomic E-state index is 0.164. The molecule has 110 valence electrons. The van der Waals surface area contributed by atoms with Gasteiger partial charge in [-0.1, -0.05) is 6.42 Å². The van der Waals surface area contributed by atoms with Crippen molar-refractivity contribution < 1.29 is 24.6 Å². The van der Waals surface area contributed by atoms with Gasteiger partial charge in [0, 0.05) is 6.42 Å². The molecule has 1 fully saturated rings. The van der Waals surface area contributed by atoms with Crippen molar-refractivity contribution in [2.75, 3.05) is 6.54 Å². The second-order valence-corrected chi connectivity index (χ2v) is 4.23. The van der Waals surface area contributed by atoms with Crippen LogP contribution in [-0.4, -0.2) is 46.7 Å². The summed E-state index contributed by atoms with van der Waals surface area (Å²) in [4.78, 5) is 30.7. The van der Waals surface area contributed by atoms with E-state index >= 15 is 0 Å². The van der Waals surface area contributed by atoms with Crippen molar-refractivity contribution in [2.45, 2.75) is 44.2 Å². The van der Waals surface area contributed by atoms with Gasteiger partial charge in [0.2, 0.25) is 5.91 Å². The van der Waals surface area contributed by atoms with Crippen LogP contribution in [0.3, 0.4) is 0 Å². The number of nitrogens with one attached hydrogen (secondary N) is 1. The maximum atomic E-state index is 10.4. The summed E-state index contributed by atoms with van der Waals surface area (Å²) in [6.07, 6.45) is 2.93. The number of amides is 1. The highest BCUT2D eigenvalue weighted by atomic mass is 16.4. The number of carboxylic acids is 2. The molecule has 0 saturated carbocycles. The third-order valence-corrected chi connectivity index (χ3v) is 2.58. The number of nitrogens with two attached hydrogens (primary N) is 2. The Morgan fingerprint density at radius 2 is 2.00 bits per heavy atom. The fourth-order valence-electron chi connectivity index (χ4n) is 1.43. The summed E-state index contributed by atoms with van der Waals surface area (Å²) >= 11 is 0. The zero-order chi connectivity index (χ0) is 14.8. The first-order valence-corrected chi connectivity index (χ1v) is 6.09. The Balaban J connectivity index is 0.000000342. The number of carboxylic acid groups (broad SMARTS) is 2. The number of hydrogen-bond donors (Lipinski definition) is 5. The van der Waals surface area contributed by atoms with Crippen molar-refractivity contribution >= 4 is 17.8 Å². The first kappa shape index (κ1) is 17.3. The first-order valence-electron chi connectivity index (χ1n) is 6.09. The van der Waals surface area contributed by atoms with Gasteiger partial charge in [-0.25, -0.2) is 4.79 Å². The van der Waals surface area contributed by atoms with Crippen molar-refractivity contribution in [2.24, 2.45) is 11.5 Å². The van der Waals surface area contributed by atoms with Crippen LogP contribution in [0.4, 0.5) is 0 Å². The molecule has 0 spiro atoms. The number of carbonyl (C=O) groups excluding carboxylic acids is 1. The minimum atomic E-state index is -0.944. The van der Waals surface area contributed by atoms with E-state index in [1.165, 1.54) is 0 Å². The van der Waals surface area contributed by atoms with Crippen molar-refractivity contribution in [3.63, 3.8) is 0 Å². The summed E-state index contributed by atoms with van der Waals surface area (Å²) in [7, 11) is 0. The molecule has 0 bridgehead atoms. The van der Waals surface area contributed by atoms with Gasteiger partial charge in [0.25, 0.3) is 0 Å². The fraction of sp³-hybridized carbons (Fsp3) is 0.727. The van der Waals surface area contributed by atoms with E-state index < -0.39 is 24.0 Å². The van der Waals surface area contributed by atoms with E-state index in [1.54, 1.807) is 0 Å². The highest BCUT2D eigenvalue weighted by molar-refractivity contribution is 5.87. The van der Waals surface area contributed by atoms with Crippen molar-refractivity contribution in [1.29, 1.82) is 0 Å². The molecule has 1 aliphatic heterocycles. The van der Waals surface area contributed by atoms with Crippen LogP contribution in [-0.2, 0) is 14.4 Å². The summed E-state index contributed by atoms with van der Waals surface area (Å²) in [5.41, 5.74) is 10.4. The van der Waals surface area contributed by atoms with Crippen LogP contribution in [0.1, 0.15) is 32.1 Å². The van der Waals surface area contributed by atoms with Gasteiger partial charge in [0.15, 0.2) is 0 Å². The molecule has 8 heteroatoms. The molecule has 0 aromatic rings. The second-order valence-electron chi connectivity index (χ2n) is 4.23. The molecule has 1 rings (SSSR count). The number of unbranched alkanes of at least 4 members (excludes halogenated alkanes) is 1. The lowest BCUT2D eigenvalue weighted by Gasteiger charge is -2.03. The SMILES string of the molecule is NCCCC[C@H](N)C(=O)O.O=C1CC[C@@H](C(=O)O)N1. The van der Waals surface area contributed by atoms with E-state index in [4.69, 9.17) is 21.7 Å². The lowest BCUT2D eigenvalue weighted by molar-refractivity contribution is -0.140. The topological polar surface area (TPSA) is 156 Å². The zero-order valence-corrected chi connectivity index (χ0v) is 10.7. The normalized spacial score (nSPS) is 19.1. The maximum absolute atomic E-state index is 10.4. The van der Waals surface area contributed by atoms with Gasteiger partial charge in [-0.3, -0.25) is 9.59 Å². The summed E-state index contributed by atoms with van der Waals surface area (Å²) in [5.74, 6) is -2.04. The lowest BCUT2D eigenvalue weighted by Crippen LogP contribution is -2.32. The van der Waals surface area contributed by atoms with Crippen molar-refractivity contribution in [3.8, 4) is 0 Å². The molecule has 8 nitrogen and oxygen atoms in total. The largest absolute Gasteiger partial charge is 0.480 e. The van der Waals surface area contributed by atoms with E-state index in [0.717, 1.165) is 12.8 Å². The van der Waals surface area contributed by atoms with Crippen LogP contribution in [0.2, 0.25) is 0 Å². The number of hydrogen-bond acceptors (Lipinski definition) is 5. The Morgan fingerprint density at radius 1 is 1.37 bits per heavy atom. The van der Waals surface area contributed by atoms with Gasteiger partial charge in [-0.05, 0) is 25.8 Å². The van der Waals surface area contributed by atoms with Crippen molar-refractivity contribution in [1.82, 2.24) is 5.32 Å². The Kier molecular flexibility index (Phi) is 8.47. The molecular weight excluding hydrogens is 254 g/mol. The standard InChI is InChI=1S/C6H14N2O2.C5H7NO3/c7-4-2-1-3-5(8)6(9)10;7-4-2-1-3(6-4)5(8)9/h5H,1-4,7-8H2,(H,9,10);3H,1-2H2,(H,6,7)(H,8,9)/t5-;3-/m00/s1. The van der Waals surface area contributed by atoms with E-state index in [0.29, 0.717) is 25.8 Å². The zero-order valence-electron chi connectivity index (χ0n) is 10.7. The molecule has 0 aliphatic carbocycles. The van der Waals surface area contributed by atoms with Crippen LogP contribution >= 0.6 is 0 Å². The van der Waals surface area contributed by atoms with Crippen molar-refractivity contribution in [3.05, 3.63) is 0 Å². The molecule has 1 aliphatic rings. The monoisotopic (exact) mass is 275 g/mol. The molecule has 2 atom stereocenters. The summed E-state index contributed by atoms with van der Waals surface area (Å²) < 4.78 is 0. The van der Waals surface area contributed by atoms with Gasteiger partial charge in [-0.15, -0.1) is 0 Å². The summed E-state index contributed by atoms with van der Waals surface area (Å²) in [5, 5.41) is 19.0. The molecule has 1 saturated heterocycles. The summed E-state index contributed by atoms with van der Waals surface area (Å²) in [6.45, 7) is 0.604. The molecule has 0 unspecified atom stereocenters. The predicted octanol–water partition coefficient (Wildman–Crippen LogP) is -1.12. The molecule has 19 heavy (non-hydrogen) atoms. The molecule has 0 aromatic heterocycles. The van der Waals surface area contributed by atoms with Gasteiger partial charge >= 0.3 is 11.9 Å². The number of rotatable bonds is 6. The third-order valence-electron chi connectivity index (χ3n) is 2.58. The van der Waals surface area contributed by atoms with E-state index in [-0.39, 0.29) is 5.91 Å². The van der Waals surface area contributed by atoms with Gasteiger partial charge < -0.3 is 27.0 Å². The lowest BCUT2D eigenvalue weighted by atomic mass is 10.1. The number of aliphatic carboxylic acids is 2. The third kappa shape index (κ3) is 8.11. The smallest absolute Gasteiger partial charge is 0.326 e. The van der Waals surface area contributed by atoms with E-state index in [1.807, 2.05) is 0 Å². The van der Waals surface area contributed by atoms with Crippen LogP contribution in [0.5, 0.6) is 0 Å². The van der Waals surface area contributed by atoms with E-state index in [2.05, 4.69) is 5.32 Å². The van der Waals surface area contributed by atoms with Gasteiger partial charge in [-0.2, -0.15) is 0 Å². The Morgan fingerprint density at radius 3 is 2.32 bits per heavy atom. The van der Waals surface area contributed by atoms with Crippen LogP contribution in [0.25, 0.3) is 0 Å². The average Bonchev–Trinajstić information content (AvgIpc) is 2.77. The Bertz CT molecular complexity index is 321. The molecule has 7 N–H and O–H groups in total. The van der Waals surface area contributed by atoms with E-state index in [9.17, 15) is 14.4 Å². The molecular formula is C11H21N3O5. The second kappa shape index (κ2) is 9.29. The van der Waals surface area contributed by atoms with Crippen LogP contribution in [0, 0.1) is 0 Å². The average molecular weight is 275 g/mol. The van der Waals surface area contributed by atoms with Gasteiger partial charge in [0.1, 0.15) is 12.1 Å². The molecule has 0 radical (unpaired) electrons. The first-order chi connectivity index (χ1) is 8.88. The Labute approximate surface area is 111 Å². The minimum Gasteiger partial charge on any atom is -0.480 e. The van der Waals surface area contributed by atoms with Crippen LogP contribution < -0.4 is 16.8 Å². The summed E-state index contributed by atoms with van der Waals surface area (Å²) in [6, 6.07) is -1.36.